The van der Waals surface area contributed by atoms with Crippen molar-refractivity contribution >= 4 is 38.5 Å². The molecule has 6 heteroatoms. The molecule has 1 aromatic carbocycles. The highest BCUT2D eigenvalue weighted by atomic mass is 127. The Balaban J connectivity index is 2.57. The number of aromatic nitrogens is 2. The van der Waals surface area contributed by atoms with Crippen molar-refractivity contribution < 1.29 is 0 Å². The van der Waals surface area contributed by atoms with E-state index in [9.17, 15) is 9.59 Å². The quantitative estimate of drug-likeness (QED) is 0.697. The molecule has 0 amide bonds. The van der Waals surface area contributed by atoms with Crippen LogP contribution in [0.1, 0.15) is 5.56 Å². The Kier molecular flexibility index (Phi) is 4.06. The molecule has 0 fully saturated rings. The Morgan fingerprint density at radius 1 is 1.28 bits per heavy atom. The van der Waals surface area contributed by atoms with Gasteiger partial charge in [0.15, 0.2) is 0 Å². The summed E-state index contributed by atoms with van der Waals surface area (Å²) in [5.74, 6) is 0. The van der Waals surface area contributed by atoms with Gasteiger partial charge in [-0.05, 0) is 34.2 Å². The smallest absolute Gasteiger partial charge is 0.302 e. The number of hydrogen-bond acceptors (Lipinski definition) is 2. The molecule has 0 bridgehead atoms. The van der Waals surface area contributed by atoms with Crippen molar-refractivity contribution in [2.24, 2.45) is 7.05 Å². The van der Waals surface area contributed by atoms with Crippen LogP contribution in [0.4, 0.5) is 0 Å². The number of aryl methyl sites for hydroxylation is 1. The molecule has 0 atom stereocenters. The van der Waals surface area contributed by atoms with Crippen LogP contribution in [0.3, 0.4) is 0 Å². The van der Waals surface area contributed by atoms with Gasteiger partial charge in [-0.1, -0.05) is 34.1 Å². The Morgan fingerprint density at radius 3 is 2.61 bits per heavy atom. The van der Waals surface area contributed by atoms with E-state index in [1.165, 1.54) is 9.13 Å². The van der Waals surface area contributed by atoms with Crippen LogP contribution in [-0.4, -0.2) is 9.13 Å². The van der Waals surface area contributed by atoms with Crippen molar-refractivity contribution in [2.75, 3.05) is 0 Å². The van der Waals surface area contributed by atoms with Crippen LogP contribution in [0.2, 0.25) is 0 Å². The molecule has 0 aliphatic rings. The van der Waals surface area contributed by atoms with Gasteiger partial charge < -0.3 is 4.57 Å². The van der Waals surface area contributed by atoms with Crippen LogP contribution in [-0.2, 0) is 13.6 Å². The predicted octanol–water partition coefficient (Wildman–Crippen LogP) is 1.96. The van der Waals surface area contributed by atoms with Gasteiger partial charge in [0, 0.05) is 17.7 Å². The van der Waals surface area contributed by atoms with Gasteiger partial charge in [-0.3, -0.25) is 9.36 Å². The molecule has 94 valence electrons. The fourth-order valence-corrected chi connectivity index (χ4v) is 2.74. The monoisotopic (exact) mass is 420 g/mol. The average Bonchev–Trinajstić information content (AvgIpc) is 2.34. The molecule has 4 nitrogen and oxygen atoms in total. The first-order valence-electron chi connectivity index (χ1n) is 5.20. The number of rotatable bonds is 2. The van der Waals surface area contributed by atoms with Gasteiger partial charge in [0.25, 0.3) is 5.56 Å². The summed E-state index contributed by atoms with van der Waals surface area (Å²) in [6.07, 6.45) is 1.54. The SMILES string of the molecule is Cn1cc(I)c(=O)n(Cc2ccccc2Br)c1=O. The van der Waals surface area contributed by atoms with Crippen molar-refractivity contribution in [3.8, 4) is 0 Å². The molecule has 2 aromatic rings. The zero-order chi connectivity index (χ0) is 13.3. The summed E-state index contributed by atoms with van der Waals surface area (Å²) >= 11 is 5.35. The van der Waals surface area contributed by atoms with Gasteiger partial charge in [-0.2, -0.15) is 0 Å². The highest BCUT2D eigenvalue weighted by molar-refractivity contribution is 14.1. The fraction of sp³-hybridized carbons (Fsp3) is 0.167. The summed E-state index contributed by atoms with van der Waals surface area (Å²) in [6, 6.07) is 7.54. The van der Waals surface area contributed by atoms with Crippen molar-refractivity contribution in [2.45, 2.75) is 6.54 Å². The summed E-state index contributed by atoms with van der Waals surface area (Å²) in [7, 11) is 1.64. The predicted molar refractivity (Wildman–Crippen MR) is 81.9 cm³/mol. The lowest BCUT2D eigenvalue weighted by Crippen LogP contribution is -2.40. The van der Waals surface area contributed by atoms with E-state index in [4.69, 9.17) is 0 Å². The Bertz CT molecular complexity index is 672. The third kappa shape index (κ3) is 2.59. The Hall–Kier alpha value is -0.890. The van der Waals surface area contributed by atoms with Crippen molar-refractivity contribution in [1.82, 2.24) is 9.13 Å². The number of halogens is 2. The summed E-state index contributed by atoms with van der Waals surface area (Å²) in [6.45, 7) is 0.268. The van der Waals surface area contributed by atoms with Gasteiger partial charge in [0.1, 0.15) is 0 Å². The molecule has 0 radical (unpaired) electrons. The van der Waals surface area contributed by atoms with E-state index in [1.54, 1.807) is 13.2 Å². The molecular formula is C12H10BrIN2O2. The first-order chi connectivity index (χ1) is 8.50. The second kappa shape index (κ2) is 5.40. The minimum atomic E-state index is -0.309. The lowest BCUT2D eigenvalue weighted by Gasteiger charge is -2.09. The molecule has 18 heavy (non-hydrogen) atoms. The maximum absolute atomic E-state index is 12.0. The van der Waals surface area contributed by atoms with Crippen molar-refractivity contribution in [3.05, 3.63) is 64.9 Å². The first kappa shape index (κ1) is 13.5. The van der Waals surface area contributed by atoms with Crippen LogP contribution in [0, 0.1) is 3.57 Å². The minimum absolute atomic E-state index is 0.255. The second-order valence-electron chi connectivity index (χ2n) is 3.85. The molecular weight excluding hydrogens is 411 g/mol. The number of hydrogen-bond donors (Lipinski definition) is 0. The highest BCUT2D eigenvalue weighted by Gasteiger charge is 2.09. The summed E-state index contributed by atoms with van der Waals surface area (Å²) < 4.78 is 4.07. The fourth-order valence-electron chi connectivity index (χ4n) is 1.62. The summed E-state index contributed by atoms with van der Waals surface area (Å²) in [4.78, 5) is 23.9. The molecule has 0 N–H and O–H groups in total. The van der Waals surface area contributed by atoms with Gasteiger partial charge in [0.2, 0.25) is 0 Å². The zero-order valence-electron chi connectivity index (χ0n) is 9.56. The lowest BCUT2D eigenvalue weighted by atomic mass is 10.2. The third-order valence-electron chi connectivity index (χ3n) is 2.58. The molecule has 0 aliphatic carbocycles. The van der Waals surface area contributed by atoms with Gasteiger partial charge in [-0.15, -0.1) is 0 Å². The zero-order valence-corrected chi connectivity index (χ0v) is 13.3. The second-order valence-corrected chi connectivity index (χ2v) is 5.87. The molecule has 0 unspecified atom stereocenters. The normalized spacial score (nSPS) is 10.6. The molecule has 1 heterocycles. The molecule has 0 saturated heterocycles. The summed E-state index contributed by atoms with van der Waals surface area (Å²) in [5, 5.41) is 0. The summed E-state index contributed by atoms with van der Waals surface area (Å²) in [5.41, 5.74) is 0.337. The Labute approximate surface area is 126 Å². The van der Waals surface area contributed by atoms with Gasteiger partial charge in [-0.25, -0.2) is 4.79 Å². The van der Waals surface area contributed by atoms with E-state index in [0.29, 0.717) is 3.57 Å². The Morgan fingerprint density at radius 2 is 1.94 bits per heavy atom. The molecule has 0 aliphatic heterocycles. The van der Waals surface area contributed by atoms with E-state index >= 15 is 0 Å². The average molecular weight is 421 g/mol. The molecule has 2 rings (SSSR count). The van der Waals surface area contributed by atoms with Crippen molar-refractivity contribution in [1.29, 1.82) is 0 Å². The van der Waals surface area contributed by atoms with E-state index < -0.39 is 0 Å². The van der Waals surface area contributed by atoms with E-state index in [-0.39, 0.29) is 17.8 Å². The number of nitrogens with zero attached hydrogens (tertiary/aromatic N) is 2. The largest absolute Gasteiger partial charge is 0.331 e. The number of benzene rings is 1. The molecule has 0 spiro atoms. The molecule has 0 saturated carbocycles. The van der Waals surface area contributed by atoms with Crippen LogP contribution in [0.15, 0.2) is 44.5 Å². The van der Waals surface area contributed by atoms with Crippen LogP contribution < -0.4 is 11.2 Å². The van der Waals surface area contributed by atoms with Crippen LogP contribution >= 0.6 is 38.5 Å². The topological polar surface area (TPSA) is 44.0 Å². The molecule has 1 aromatic heterocycles. The van der Waals surface area contributed by atoms with Gasteiger partial charge in [0.05, 0.1) is 10.1 Å². The van der Waals surface area contributed by atoms with Crippen LogP contribution in [0.5, 0.6) is 0 Å². The standard InChI is InChI=1S/C12H10BrIN2O2/c1-15-7-10(14)11(17)16(12(15)18)6-8-4-2-3-5-9(8)13/h2-5,7H,6H2,1H3. The van der Waals surface area contributed by atoms with Gasteiger partial charge >= 0.3 is 5.69 Å². The van der Waals surface area contributed by atoms with Crippen molar-refractivity contribution in [3.63, 3.8) is 0 Å². The van der Waals surface area contributed by atoms with E-state index in [2.05, 4.69) is 15.9 Å². The maximum Gasteiger partial charge on any atom is 0.331 e. The first-order valence-corrected chi connectivity index (χ1v) is 7.07. The minimum Gasteiger partial charge on any atom is -0.302 e. The van der Waals surface area contributed by atoms with E-state index in [1.807, 2.05) is 46.9 Å². The lowest BCUT2D eigenvalue weighted by molar-refractivity contribution is 0.633. The third-order valence-corrected chi connectivity index (χ3v) is 4.09. The van der Waals surface area contributed by atoms with E-state index in [0.717, 1.165) is 10.0 Å². The maximum atomic E-state index is 12.0. The van der Waals surface area contributed by atoms with Crippen LogP contribution in [0.25, 0.3) is 0 Å². The highest BCUT2D eigenvalue weighted by Crippen LogP contribution is 2.15.